The van der Waals surface area contributed by atoms with E-state index in [1.165, 1.54) is 66.8 Å². The molecule has 6 heteroatoms. The van der Waals surface area contributed by atoms with Crippen LogP contribution in [0.4, 0.5) is 0 Å². The Morgan fingerprint density at radius 1 is 0.618 bits per heavy atom. The van der Waals surface area contributed by atoms with Gasteiger partial charge in [0.2, 0.25) is 0 Å². The zero-order valence-corrected chi connectivity index (χ0v) is 40.5. The van der Waals surface area contributed by atoms with Crippen LogP contribution in [0.5, 0.6) is 0 Å². The van der Waals surface area contributed by atoms with Gasteiger partial charge in [-0.1, -0.05) is 0 Å². The predicted octanol–water partition coefficient (Wildman–Crippen LogP) is 8.04. The monoisotopic (exact) mass is 898 g/mol. The maximum atomic E-state index is 6.58. The van der Waals surface area contributed by atoms with E-state index in [4.69, 9.17) is 23.2 Å². The van der Waals surface area contributed by atoms with E-state index < -0.39 is 27.4 Å². The van der Waals surface area contributed by atoms with E-state index in [0.717, 1.165) is 10.0 Å². The predicted molar refractivity (Wildman–Crippen MR) is 234 cm³/mol. The van der Waals surface area contributed by atoms with Crippen molar-refractivity contribution in [2.45, 2.75) is 89.5 Å². The molecule has 8 rings (SSSR count). The van der Waals surface area contributed by atoms with Gasteiger partial charge in [-0.05, 0) is 0 Å². The average Bonchev–Trinajstić information content (AvgIpc) is 3.72. The molecular formula is C49H52Cl4SiZr. The summed E-state index contributed by atoms with van der Waals surface area (Å²) in [5, 5.41) is 3.17. The van der Waals surface area contributed by atoms with Crippen LogP contribution in [0.3, 0.4) is 0 Å². The van der Waals surface area contributed by atoms with Crippen molar-refractivity contribution in [2.75, 3.05) is 0 Å². The van der Waals surface area contributed by atoms with Crippen LogP contribution in [0.25, 0.3) is 22.3 Å². The van der Waals surface area contributed by atoms with Gasteiger partial charge in [0.05, 0.1) is 0 Å². The van der Waals surface area contributed by atoms with Crippen LogP contribution in [0.1, 0.15) is 104 Å². The molecule has 4 aromatic carbocycles. The molecule has 55 heavy (non-hydrogen) atoms. The molecule has 0 heterocycles. The molecule has 4 aliphatic carbocycles. The largest absolute Gasteiger partial charge is 1.00 e. The van der Waals surface area contributed by atoms with Crippen LogP contribution in [0, 0.1) is 5.92 Å². The number of fused-ring (bicyclic) bond motifs is 5. The van der Waals surface area contributed by atoms with Gasteiger partial charge in [-0.15, -0.1) is 0 Å². The van der Waals surface area contributed by atoms with Gasteiger partial charge < -0.3 is 24.8 Å². The Morgan fingerprint density at radius 2 is 1.02 bits per heavy atom. The Balaban J connectivity index is 0.00000257. The van der Waals surface area contributed by atoms with Crippen molar-refractivity contribution in [3.63, 3.8) is 0 Å². The van der Waals surface area contributed by atoms with E-state index in [-0.39, 0.29) is 39.3 Å². The molecular weight excluding hydrogens is 850 g/mol. The van der Waals surface area contributed by atoms with Crippen LogP contribution in [-0.2, 0) is 30.1 Å². The van der Waals surface area contributed by atoms with E-state index in [9.17, 15) is 0 Å². The molecule has 0 fully saturated rings. The summed E-state index contributed by atoms with van der Waals surface area (Å²) in [5.41, 5.74) is 18.4. The first kappa shape index (κ1) is 42.4. The van der Waals surface area contributed by atoms with E-state index in [0.29, 0.717) is 5.92 Å². The fourth-order valence-electron chi connectivity index (χ4n) is 10.6. The molecule has 284 valence electrons. The fourth-order valence-corrected chi connectivity index (χ4v) is 27.2. The summed E-state index contributed by atoms with van der Waals surface area (Å²) in [7, 11) is -1.65. The van der Waals surface area contributed by atoms with Crippen molar-refractivity contribution in [3.8, 4) is 11.1 Å². The molecule has 0 aromatic heterocycles. The van der Waals surface area contributed by atoms with E-state index >= 15 is 0 Å². The molecule has 0 radical (unpaired) electrons. The molecule has 0 amide bonds. The molecule has 0 spiro atoms. The zero-order chi connectivity index (χ0) is 38.0. The molecule has 0 bridgehead atoms. The first-order valence-electron chi connectivity index (χ1n) is 19.2. The second kappa shape index (κ2) is 14.6. The Kier molecular flexibility index (Phi) is 11.3. The maximum absolute atomic E-state index is 6.58. The maximum Gasteiger partial charge on any atom is -1.00 e. The Morgan fingerprint density at radius 3 is 1.38 bits per heavy atom. The molecule has 1 atom stereocenters. The molecule has 4 aromatic rings. The van der Waals surface area contributed by atoms with Gasteiger partial charge in [0.15, 0.2) is 0 Å². The second-order valence-corrected chi connectivity index (χ2v) is 33.1. The normalized spacial score (nSPS) is 18.4. The summed E-state index contributed by atoms with van der Waals surface area (Å²) in [6.07, 6.45) is 7.61. The van der Waals surface area contributed by atoms with Gasteiger partial charge in [0, 0.05) is 0 Å². The summed E-state index contributed by atoms with van der Waals surface area (Å²) in [6.45, 7) is 26.7. The first-order valence-corrected chi connectivity index (χ1v) is 29.0. The Hall–Kier alpha value is -2.16. The third-order valence-corrected chi connectivity index (χ3v) is 27.5. The van der Waals surface area contributed by atoms with E-state index in [1.54, 1.807) is 14.1 Å². The summed E-state index contributed by atoms with van der Waals surface area (Å²) < 4.78 is 7.52. The van der Waals surface area contributed by atoms with Gasteiger partial charge >= 0.3 is 335 Å². The molecule has 1 unspecified atom stereocenters. The number of benzene rings is 4. The van der Waals surface area contributed by atoms with Crippen LogP contribution >= 0.6 is 23.2 Å². The third-order valence-electron chi connectivity index (χ3n) is 12.7. The Bertz CT molecular complexity index is 2370. The van der Waals surface area contributed by atoms with Crippen molar-refractivity contribution >= 4 is 49.8 Å². The summed E-state index contributed by atoms with van der Waals surface area (Å²) >= 11 is 9.03. The average molecular weight is 902 g/mol. The molecule has 0 aliphatic heterocycles. The van der Waals surface area contributed by atoms with Crippen molar-refractivity contribution in [2.24, 2.45) is 5.92 Å². The molecule has 0 nitrogen and oxygen atoms in total. The fraction of sp³-hybridized carbons (Fsp3) is 0.306. The van der Waals surface area contributed by atoms with Crippen LogP contribution in [0.15, 0.2) is 105 Å². The van der Waals surface area contributed by atoms with Crippen molar-refractivity contribution in [3.05, 3.63) is 160 Å². The topological polar surface area (TPSA) is 0 Å². The number of hydrogen-bond donors (Lipinski definition) is 0. The second-order valence-electron chi connectivity index (χ2n) is 18.5. The van der Waals surface area contributed by atoms with E-state index in [1.807, 2.05) is 0 Å². The van der Waals surface area contributed by atoms with Crippen LogP contribution in [-0.4, -0.2) is 15.5 Å². The SMILES string of the molecule is CC1=CC(C)(C)c2cc3c(cc21)-c1cc2c(cc1[CH]3[Zr+2](=[CH]c1ccc(Cl)cc1)(=[CH]c1ccc(Cl)cc1)[C]1=C(C)C([Si](C)(C)C)=CC1C)C(C)(C)C=C2C.[Cl-].[Cl-]. The smallest absolute Gasteiger partial charge is 1.00 e. The quantitative estimate of drug-likeness (QED) is 0.178. The van der Waals surface area contributed by atoms with Crippen molar-refractivity contribution < 1.29 is 44.1 Å². The third kappa shape index (κ3) is 6.98. The van der Waals surface area contributed by atoms with Crippen LogP contribution in [0.2, 0.25) is 29.7 Å². The molecule has 0 saturated carbocycles. The number of halogens is 4. The molecule has 4 aliphatic rings. The number of allylic oxidation sites excluding steroid dienone is 8. The van der Waals surface area contributed by atoms with Crippen molar-refractivity contribution in [1.29, 1.82) is 0 Å². The van der Waals surface area contributed by atoms with Crippen LogP contribution < -0.4 is 24.8 Å². The number of rotatable bonds is 5. The minimum absolute atomic E-state index is 0. The summed E-state index contributed by atoms with van der Waals surface area (Å²) in [6, 6.07) is 27.7. The summed E-state index contributed by atoms with van der Waals surface area (Å²) in [5.74, 6) is 0.344. The van der Waals surface area contributed by atoms with Gasteiger partial charge in [0.1, 0.15) is 0 Å². The van der Waals surface area contributed by atoms with Gasteiger partial charge in [-0.3, -0.25) is 0 Å². The molecule has 0 saturated heterocycles. The molecule has 0 N–H and O–H groups in total. The minimum atomic E-state index is -4.12. The summed E-state index contributed by atoms with van der Waals surface area (Å²) in [4.78, 5) is 0. The zero-order valence-electron chi connectivity index (χ0n) is 34.0. The van der Waals surface area contributed by atoms with Gasteiger partial charge in [0.25, 0.3) is 0 Å². The van der Waals surface area contributed by atoms with Gasteiger partial charge in [-0.2, -0.15) is 0 Å². The standard InChI is InChI=1S/C25H25.C10H17Si.2C7H5Cl.2ClH.Zr/c1-14-12-24(3,4)22-8-16-7-17-9-23-19(15(2)13-25(23,5)6)11-21(17)20(16)10-18(14)22;1-8-6-9(2)10(7-8)11(3,4)5;2*1-6-2-4-7(8)5-3-6;;;/h7-13H,1-6H3;7-8H,1-5H3;2*1-5H;2*1H;/q;;;;;;+2/p-2. The Labute approximate surface area is 357 Å². The first-order chi connectivity index (χ1) is 24.8. The van der Waals surface area contributed by atoms with E-state index in [2.05, 4.69) is 173 Å². The minimum Gasteiger partial charge on any atom is -1.00 e. The van der Waals surface area contributed by atoms with Crippen molar-refractivity contribution in [1.82, 2.24) is 0 Å². The number of hydrogen-bond acceptors (Lipinski definition) is 0. The van der Waals surface area contributed by atoms with Gasteiger partial charge in [-0.25, -0.2) is 0 Å².